The monoisotopic (exact) mass is 386 g/mol. The number of hydrogen-bond donors (Lipinski definition) is 0. The van der Waals surface area contributed by atoms with Crippen LogP contribution in [0.2, 0.25) is 0 Å². The number of hydrogen-bond acceptors (Lipinski definition) is 8. The molecule has 28 heavy (non-hydrogen) atoms. The van der Waals surface area contributed by atoms with Gasteiger partial charge in [-0.25, -0.2) is 9.59 Å². The lowest BCUT2D eigenvalue weighted by atomic mass is 10.3. The minimum Gasteiger partial charge on any atom is -0.466 e. The van der Waals surface area contributed by atoms with Crippen molar-refractivity contribution < 1.29 is 19.1 Å². The molecule has 0 radical (unpaired) electrons. The molecule has 2 aromatic rings. The van der Waals surface area contributed by atoms with E-state index in [-0.39, 0.29) is 11.3 Å². The Morgan fingerprint density at radius 3 is 2.39 bits per heavy atom. The number of methoxy groups -OCH3 is 2. The van der Waals surface area contributed by atoms with Crippen LogP contribution in [-0.4, -0.2) is 54.5 Å². The van der Waals surface area contributed by atoms with Gasteiger partial charge in [0.05, 0.1) is 37.9 Å². The van der Waals surface area contributed by atoms with Gasteiger partial charge in [0.25, 0.3) is 5.56 Å². The molecule has 0 fully saturated rings. The van der Waals surface area contributed by atoms with E-state index < -0.39 is 11.9 Å². The smallest absolute Gasteiger partial charge is 0.356 e. The van der Waals surface area contributed by atoms with Crippen LogP contribution in [0.15, 0.2) is 59.2 Å². The number of rotatable bonds is 7. The minimum absolute atomic E-state index is 0.0356. The molecule has 0 amide bonds. The number of hydrazine groups is 1. The third-order valence-electron chi connectivity index (χ3n) is 3.95. The Bertz CT molecular complexity index is 923. The molecule has 9 nitrogen and oxygen atoms in total. The molecular weight excluding hydrogens is 364 g/mol. The van der Waals surface area contributed by atoms with E-state index in [4.69, 9.17) is 4.74 Å². The van der Waals surface area contributed by atoms with Crippen LogP contribution in [0, 0.1) is 0 Å². The first-order valence-electron chi connectivity index (χ1n) is 8.46. The van der Waals surface area contributed by atoms with Gasteiger partial charge in [0, 0.05) is 19.7 Å². The first-order chi connectivity index (χ1) is 13.4. The van der Waals surface area contributed by atoms with Gasteiger partial charge in [0.15, 0.2) is 0 Å². The molecule has 0 aliphatic carbocycles. The van der Waals surface area contributed by atoms with E-state index in [1.807, 2.05) is 18.2 Å². The van der Waals surface area contributed by atoms with Crippen LogP contribution in [0.3, 0.4) is 0 Å². The zero-order valence-corrected chi connectivity index (χ0v) is 16.2. The molecule has 0 unspecified atom stereocenters. The quantitative estimate of drug-likeness (QED) is 0.397. The molecule has 9 heteroatoms. The summed E-state index contributed by atoms with van der Waals surface area (Å²) in [6, 6.07) is 10.4. The van der Waals surface area contributed by atoms with E-state index in [1.54, 1.807) is 26.1 Å². The Hall–Kier alpha value is -3.62. The topological polar surface area (TPSA) is 94.0 Å². The Morgan fingerprint density at radius 2 is 1.86 bits per heavy atom. The Morgan fingerprint density at radius 1 is 1.18 bits per heavy atom. The highest BCUT2D eigenvalue weighted by Crippen LogP contribution is 2.17. The maximum absolute atomic E-state index is 12.5. The lowest BCUT2D eigenvalue weighted by molar-refractivity contribution is -0.140. The normalized spacial score (nSPS) is 10.9. The van der Waals surface area contributed by atoms with Gasteiger partial charge in [0.2, 0.25) is 0 Å². The predicted octanol–water partition coefficient (Wildman–Crippen LogP) is 1.14. The minimum atomic E-state index is -0.718. The van der Waals surface area contributed by atoms with Crippen LogP contribution in [-0.2, 0) is 19.1 Å². The summed E-state index contributed by atoms with van der Waals surface area (Å²) in [5.74, 6) is -1.42. The van der Waals surface area contributed by atoms with Crippen LogP contribution >= 0.6 is 0 Å². The fourth-order valence-corrected chi connectivity index (χ4v) is 2.54. The van der Waals surface area contributed by atoms with Crippen molar-refractivity contribution >= 4 is 17.6 Å². The number of para-hydroxylation sites is 1. The number of ether oxygens (including phenoxy) is 2. The van der Waals surface area contributed by atoms with E-state index in [0.717, 1.165) is 6.08 Å². The van der Waals surface area contributed by atoms with Crippen LogP contribution in [0.4, 0.5) is 5.69 Å². The van der Waals surface area contributed by atoms with Crippen LogP contribution in [0.1, 0.15) is 6.92 Å². The van der Waals surface area contributed by atoms with E-state index in [2.05, 4.69) is 9.84 Å². The van der Waals surface area contributed by atoms with Crippen molar-refractivity contribution in [3.8, 4) is 5.69 Å². The number of carbonyl (C=O) groups is 2. The second-order valence-corrected chi connectivity index (χ2v) is 5.58. The van der Waals surface area contributed by atoms with Gasteiger partial charge in [-0.1, -0.05) is 18.2 Å². The fourth-order valence-electron chi connectivity index (χ4n) is 2.54. The SMILES string of the molecule is CCN(/C(=C/C(=O)OC)C(=O)OC)N(C)c1cnn(-c2ccccc2)c(=O)c1. The van der Waals surface area contributed by atoms with E-state index in [1.165, 1.54) is 41.2 Å². The standard InChI is InChI=1S/C19H22N4O5/c1-5-22(16(19(26)28-4)12-18(25)27-3)21(2)15-11-17(24)23(20-13-15)14-9-7-6-8-10-14/h6-13H,5H2,1-4H3/b16-12+. The number of benzene rings is 1. The van der Waals surface area contributed by atoms with E-state index >= 15 is 0 Å². The number of anilines is 1. The number of esters is 2. The summed E-state index contributed by atoms with van der Waals surface area (Å²) in [5, 5.41) is 7.21. The average Bonchev–Trinajstić information content (AvgIpc) is 2.73. The van der Waals surface area contributed by atoms with E-state index in [0.29, 0.717) is 17.9 Å². The molecule has 0 aliphatic rings. The zero-order chi connectivity index (χ0) is 20.7. The van der Waals surface area contributed by atoms with Gasteiger partial charge >= 0.3 is 11.9 Å². The average molecular weight is 386 g/mol. The molecule has 1 aromatic carbocycles. The lowest BCUT2D eigenvalue weighted by Crippen LogP contribution is -2.43. The summed E-state index contributed by atoms with van der Waals surface area (Å²) >= 11 is 0. The molecule has 1 heterocycles. The maximum Gasteiger partial charge on any atom is 0.356 e. The van der Waals surface area contributed by atoms with E-state index in [9.17, 15) is 14.4 Å². The Labute approximate surface area is 162 Å². The molecule has 1 aromatic heterocycles. The number of likely N-dealkylation sites (N-methyl/N-ethyl adjacent to an activating group) is 1. The molecule has 0 bridgehead atoms. The van der Waals surface area contributed by atoms with Gasteiger partial charge < -0.3 is 9.47 Å². The molecule has 0 spiro atoms. The Balaban J connectivity index is 2.41. The predicted molar refractivity (Wildman–Crippen MR) is 103 cm³/mol. The summed E-state index contributed by atoms with van der Waals surface area (Å²) in [4.78, 5) is 36.3. The number of carbonyl (C=O) groups excluding carboxylic acids is 2. The van der Waals surface area contributed by atoms with Gasteiger partial charge in [-0.15, -0.1) is 0 Å². The van der Waals surface area contributed by atoms with Crippen molar-refractivity contribution in [2.75, 3.05) is 32.8 Å². The van der Waals surface area contributed by atoms with Crippen LogP contribution < -0.4 is 10.6 Å². The summed E-state index contributed by atoms with van der Waals surface area (Å²) in [6.07, 6.45) is 2.52. The summed E-state index contributed by atoms with van der Waals surface area (Å²) in [6.45, 7) is 2.10. The highest BCUT2D eigenvalue weighted by Gasteiger charge is 2.23. The Kier molecular flexibility index (Phi) is 6.91. The van der Waals surface area contributed by atoms with Crippen molar-refractivity contribution in [3.05, 3.63) is 64.7 Å². The van der Waals surface area contributed by atoms with Gasteiger partial charge in [-0.2, -0.15) is 9.78 Å². The van der Waals surface area contributed by atoms with Gasteiger partial charge in [-0.3, -0.25) is 14.8 Å². The summed E-state index contributed by atoms with van der Waals surface area (Å²) in [7, 11) is 4.06. The highest BCUT2D eigenvalue weighted by molar-refractivity contribution is 5.96. The molecule has 0 atom stereocenters. The molecule has 148 valence electrons. The second kappa shape index (κ2) is 9.36. The van der Waals surface area contributed by atoms with Crippen molar-refractivity contribution in [2.24, 2.45) is 0 Å². The summed E-state index contributed by atoms with van der Waals surface area (Å²) in [5.41, 5.74) is 0.684. The summed E-state index contributed by atoms with van der Waals surface area (Å²) < 4.78 is 10.6. The largest absolute Gasteiger partial charge is 0.466 e. The first-order valence-corrected chi connectivity index (χ1v) is 8.46. The number of aromatic nitrogens is 2. The lowest BCUT2D eigenvalue weighted by Gasteiger charge is -2.34. The molecule has 0 saturated carbocycles. The fraction of sp³-hybridized carbons (Fsp3) is 0.263. The van der Waals surface area contributed by atoms with Crippen molar-refractivity contribution in [2.45, 2.75) is 6.92 Å². The third kappa shape index (κ3) is 4.56. The molecule has 0 N–H and O–H groups in total. The number of nitrogens with zero attached hydrogens (tertiary/aromatic N) is 4. The van der Waals surface area contributed by atoms with Gasteiger partial charge in [0.1, 0.15) is 5.70 Å². The molecule has 2 rings (SSSR count). The maximum atomic E-state index is 12.5. The van der Waals surface area contributed by atoms with Crippen LogP contribution in [0.5, 0.6) is 0 Å². The zero-order valence-electron chi connectivity index (χ0n) is 16.2. The van der Waals surface area contributed by atoms with Crippen molar-refractivity contribution in [1.29, 1.82) is 0 Å². The second-order valence-electron chi connectivity index (χ2n) is 5.58. The van der Waals surface area contributed by atoms with Gasteiger partial charge in [-0.05, 0) is 19.1 Å². The molecule has 0 aliphatic heterocycles. The van der Waals surface area contributed by atoms with Crippen molar-refractivity contribution in [3.63, 3.8) is 0 Å². The highest BCUT2D eigenvalue weighted by atomic mass is 16.5. The molecular formula is C19H22N4O5. The van der Waals surface area contributed by atoms with Crippen molar-refractivity contribution in [1.82, 2.24) is 14.8 Å². The van der Waals surface area contributed by atoms with Crippen LogP contribution in [0.25, 0.3) is 5.69 Å². The molecule has 0 saturated heterocycles. The third-order valence-corrected chi connectivity index (χ3v) is 3.95. The first kappa shape index (κ1) is 20.7.